The quantitative estimate of drug-likeness (QED) is 0.796. The number of ketones is 1. The van der Waals surface area contributed by atoms with Crippen molar-refractivity contribution >= 4 is 5.78 Å². The van der Waals surface area contributed by atoms with Crippen LogP contribution in [0.1, 0.15) is 37.1 Å². The number of Topliss-reactive ketones (excluding diaryl/α,β-unsaturated/α-hetero) is 1. The highest BCUT2D eigenvalue weighted by Gasteiger charge is 2.43. The molecule has 1 aliphatic heterocycles. The number of nitrogens with two attached hydrogens (primary N) is 1. The lowest BCUT2D eigenvalue weighted by atomic mass is 9.76. The van der Waals surface area contributed by atoms with Gasteiger partial charge in [-0.15, -0.1) is 0 Å². The largest absolute Gasteiger partial charge is 0.508 e. The van der Waals surface area contributed by atoms with E-state index in [2.05, 4.69) is 5.32 Å². The van der Waals surface area contributed by atoms with Gasteiger partial charge in [-0.25, -0.2) is 0 Å². The number of benzene rings is 2. The number of aromatic hydroxyl groups is 2. The first kappa shape index (κ1) is 15.6. The molecule has 0 aliphatic carbocycles. The van der Waals surface area contributed by atoms with Crippen molar-refractivity contribution in [3.63, 3.8) is 0 Å². The molecule has 0 radical (unpaired) electrons. The number of rotatable bonds is 2. The summed E-state index contributed by atoms with van der Waals surface area (Å²) in [7, 11) is 0. The minimum Gasteiger partial charge on any atom is -0.508 e. The van der Waals surface area contributed by atoms with E-state index in [1.807, 2.05) is 38.1 Å². The van der Waals surface area contributed by atoms with Crippen molar-refractivity contribution in [2.45, 2.75) is 25.9 Å². The van der Waals surface area contributed by atoms with Crippen molar-refractivity contribution in [2.24, 2.45) is 11.8 Å². The van der Waals surface area contributed by atoms with Crippen LogP contribution >= 0.6 is 0 Å². The summed E-state index contributed by atoms with van der Waals surface area (Å²) in [6, 6.07) is 14.2. The third-order valence-corrected chi connectivity index (χ3v) is 4.95. The van der Waals surface area contributed by atoms with Crippen LogP contribution in [0.15, 0.2) is 48.5 Å². The van der Waals surface area contributed by atoms with Crippen LogP contribution < -0.4 is 5.32 Å². The summed E-state index contributed by atoms with van der Waals surface area (Å²) in [5.74, 6) is 0.549. The van der Waals surface area contributed by atoms with E-state index in [9.17, 15) is 15.0 Å². The number of hydrogen-bond donors (Lipinski definition) is 3. The SMILES string of the molecule is CC1C(=O)C(C)C(c2ccc(O)cc2)[NH2+]C1c1ccc(O)cc1. The fourth-order valence-electron chi connectivity index (χ4n) is 3.52. The number of carbonyl (C=O) groups is 1. The molecule has 0 aromatic heterocycles. The van der Waals surface area contributed by atoms with Crippen LogP contribution in [0.5, 0.6) is 11.5 Å². The lowest BCUT2D eigenvalue weighted by molar-refractivity contribution is -0.748. The molecule has 0 saturated carbocycles. The van der Waals surface area contributed by atoms with E-state index in [1.165, 1.54) is 0 Å². The molecule has 4 N–H and O–H groups in total. The Balaban J connectivity index is 1.94. The number of carbonyl (C=O) groups excluding carboxylic acids is 1. The van der Waals surface area contributed by atoms with Gasteiger partial charge in [0.1, 0.15) is 23.6 Å². The molecule has 4 heteroatoms. The van der Waals surface area contributed by atoms with Gasteiger partial charge in [-0.2, -0.15) is 0 Å². The fourth-order valence-corrected chi connectivity index (χ4v) is 3.52. The minimum atomic E-state index is -0.0806. The minimum absolute atomic E-state index is 0.0260. The molecule has 1 fully saturated rings. The number of piperidine rings is 1. The predicted octanol–water partition coefficient (Wildman–Crippen LogP) is 2.30. The Kier molecular flexibility index (Phi) is 4.09. The number of quaternary nitrogens is 1. The summed E-state index contributed by atoms with van der Waals surface area (Å²) in [5, 5.41) is 21.2. The molecular weight excluding hydrogens is 290 g/mol. The standard InChI is InChI=1S/C19H21NO3/c1-11-17(13-3-7-15(21)8-4-13)20-18(12(2)19(11)23)14-5-9-16(22)10-6-14/h3-12,17-18,20-22H,1-2H3/p+1. The molecule has 120 valence electrons. The van der Waals surface area contributed by atoms with Crippen molar-refractivity contribution in [3.05, 3.63) is 59.7 Å². The van der Waals surface area contributed by atoms with Crippen molar-refractivity contribution < 1.29 is 20.3 Å². The van der Waals surface area contributed by atoms with Gasteiger partial charge >= 0.3 is 0 Å². The van der Waals surface area contributed by atoms with E-state index < -0.39 is 0 Å². The smallest absolute Gasteiger partial charge is 0.151 e. The third-order valence-electron chi connectivity index (χ3n) is 4.95. The van der Waals surface area contributed by atoms with E-state index in [-0.39, 0.29) is 41.2 Å². The molecule has 0 amide bonds. The third kappa shape index (κ3) is 2.94. The fraction of sp³-hybridized carbons (Fsp3) is 0.316. The molecular formula is C19H22NO3+. The normalized spacial score (nSPS) is 27.8. The molecule has 1 saturated heterocycles. The van der Waals surface area contributed by atoms with Crippen molar-refractivity contribution in [1.29, 1.82) is 0 Å². The van der Waals surface area contributed by atoms with Gasteiger partial charge in [0.25, 0.3) is 0 Å². The molecule has 1 aliphatic rings. The maximum atomic E-state index is 12.7. The summed E-state index contributed by atoms with van der Waals surface area (Å²) in [4.78, 5) is 12.7. The zero-order valence-corrected chi connectivity index (χ0v) is 13.3. The molecule has 4 nitrogen and oxygen atoms in total. The first-order chi connectivity index (χ1) is 11.0. The zero-order chi connectivity index (χ0) is 16.6. The maximum absolute atomic E-state index is 12.7. The van der Waals surface area contributed by atoms with Crippen LogP contribution in [0, 0.1) is 11.8 Å². The molecule has 2 aromatic rings. The molecule has 0 spiro atoms. The zero-order valence-electron chi connectivity index (χ0n) is 13.3. The highest BCUT2D eigenvalue weighted by molar-refractivity contribution is 5.84. The monoisotopic (exact) mass is 312 g/mol. The van der Waals surface area contributed by atoms with Crippen molar-refractivity contribution in [1.82, 2.24) is 0 Å². The summed E-state index contributed by atoms with van der Waals surface area (Å²) in [6.07, 6.45) is 0. The van der Waals surface area contributed by atoms with Gasteiger partial charge in [0.15, 0.2) is 5.78 Å². The van der Waals surface area contributed by atoms with Gasteiger partial charge in [0, 0.05) is 11.1 Å². The summed E-state index contributed by atoms with van der Waals surface area (Å²) in [6.45, 7) is 3.94. The van der Waals surface area contributed by atoms with E-state index in [0.29, 0.717) is 0 Å². The first-order valence-corrected chi connectivity index (χ1v) is 7.94. The number of phenols is 2. The van der Waals surface area contributed by atoms with Gasteiger partial charge in [0.2, 0.25) is 0 Å². The molecule has 23 heavy (non-hydrogen) atoms. The highest BCUT2D eigenvalue weighted by atomic mass is 16.3. The van der Waals surface area contributed by atoms with Crippen LogP contribution in [0.3, 0.4) is 0 Å². The van der Waals surface area contributed by atoms with Crippen molar-refractivity contribution in [2.75, 3.05) is 0 Å². The van der Waals surface area contributed by atoms with E-state index in [1.54, 1.807) is 24.3 Å². The molecule has 3 rings (SSSR count). The van der Waals surface area contributed by atoms with Crippen molar-refractivity contribution in [3.8, 4) is 11.5 Å². The molecule has 4 unspecified atom stereocenters. The van der Waals surface area contributed by atoms with Crippen LogP contribution in [-0.2, 0) is 4.79 Å². The summed E-state index contributed by atoms with van der Waals surface area (Å²) in [5.41, 5.74) is 2.08. The van der Waals surface area contributed by atoms with Crippen LogP contribution in [-0.4, -0.2) is 16.0 Å². The molecule has 2 aromatic carbocycles. The van der Waals surface area contributed by atoms with E-state index >= 15 is 0 Å². The molecule has 4 atom stereocenters. The Hall–Kier alpha value is -2.33. The number of phenolic OH excluding ortho intramolecular Hbond substituents is 2. The first-order valence-electron chi connectivity index (χ1n) is 7.94. The summed E-state index contributed by atoms with van der Waals surface area (Å²) >= 11 is 0. The Labute approximate surface area is 135 Å². The molecule has 1 heterocycles. The lowest BCUT2D eigenvalue weighted by Crippen LogP contribution is -2.91. The van der Waals surface area contributed by atoms with Gasteiger partial charge in [-0.3, -0.25) is 4.79 Å². The van der Waals surface area contributed by atoms with E-state index in [0.717, 1.165) is 11.1 Å². The summed E-state index contributed by atoms with van der Waals surface area (Å²) < 4.78 is 0. The van der Waals surface area contributed by atoms with Crippen LogP contribution in [0.25, 0.3) is 0 Å². The van der Waals surface area contributed by atoms with Gasteiger partial charge in [-0.05, 0) is 62.4 Å². The Morgan fingerprint density at radius 1 is 0.739 bits per heavy atom. The Morgan fingerprint density at radius 2 is 1.09 bits per heavy atom. The Morgan fingerprint density at radius 3 is 1.43 bits per heavy atom. The van der Waals surface area contributed by atoms with Gasteiger partial charge in [0.05, 0.1) is 11.8 Å². The van der Waals surface area contributed by atoms with Gasteiger partial charge < -0.3 is 15.5 Å². The second-order valence-corrected chi connectivity index (χ2v) is 6.41. The average Bonchev–Trinajstić information content (AvgIpc) is 2.55. The van der Waals surface area contributed by atoms with E-state index in [4.69, 9.17) is 0 Å². The number of hydrogen-bond acceptors (Lipinski definition) is 3. The second kappa shape index (κ2) is 6.05. The predicted molar refractivity (Wildman–Crippen MR) is 87.0 cm³/mol. The van der Waals surface area contributed by atoms with Crippen LogP contribution in [0.4, 0.5) is 0 Å². The maximum Gasteiger partial charge on any atom is 0.151 e. The molecule has 0 bridgehead atoms. The Bertz CT molecular complexity index is 634. The van der Waals surface area contributed by atoms with Crippen LogP contribution in [0.2, 0.25) is 0 Å². The average molecular weight is 312 g/mol. The lowest BCUT2D eigenvalue weighted by Gasteiger charge is -2.36. The second-order valence-electron chi connectivity index (χ2n) is 6.41. The highest BCUT2D eigenvalue weighted by Crippen LogP contribution is 2.33. The topological polar surface area (TPSA) is 74.1 Å². The van der Waals surface area contributed by atoms with Gasteiger partial charge in [-0.1, -0.05) is 0 Å².